The minimum Gasteiger partial charge on any atom is -0.493 e. The third kappa shape index (κ3) is 1.58. The molecule has 0 aliphatic carbocycles. The first-order chi connectivity index (χ1) is 6.81. The van der Waals surface area contributed by atoms with E-state index in [-0.39, 0.29) is 0 Å². The van der Waals surface area contributed by atoms with E-state index in [0.717, 1.165) is 30.8 Å². The number of nitrogens with zero attached hydrogens (tertiary/aromatic N) is 1. The molecule has 1 N–H and O–H groups in total. The number of oxime groups is 1. The zero-order valence-corrected chi connectivity index (χ0v) is 8.16. The van der Waals surface area contributed by atoms with E-state index in [2.05, 4.69) is 5.16 Å². The lowest BCUT2D eigenvalue weighted by Gasteiger charge is -2.17. The molecule has 1 heterocycles. The monoisotopic (exact) mass is 191 g/mol. The fourth-order valence-electron chi connectivity index (χ4n) is 1.64. The van der Waals surface area contributed by atoms with Gasteiger partial charge in [0.1, 0.15) is 5.75 Å². The minimum absolute atomic E-state index is 0.637. The largest absolute Gasteiger partial charge is 0.493 e. The van der Waals surface area contributed by atoms with Gasteiger partial charge in [0.15, 0.2) is 0 Å². The summed E-state index contributed by atoms with van der Waals surface area (Å²) in [5, 5.41) is 11.8. The summed E-state index contributed by atoms with van der Waals surface area (Å²) in [6.45, 7) is 2.59. The smallest absolute Gasteiger partial charge is 0.122 e. The van der Waals surface area contributed by atoms with E-state index in [9.17, 15) is 0 Å². The molecular weight excluding hydrogens is 178 g/mol. The third-order valence-electron chi connectivity index (χ3n) is 2.48. The number of hydrogen-bond donors (Lipinski definition) is 1. The van der Waals surface area contributed by atoms with Gasteiger partial charge in [0.25, 0.3) is 0 Å². The molecule has 0 radical (unpaired) electrons. The lowest BCUT2D eigenvalue weighted by Crippen LogP contribution is -2.09. The van der Waals surface area contributed by atoms with Gasteiger partial charge in [0, 0.05) is 0 Å². The van der Waals surface area contributed by atoms with E-state index in [4.69, 9.17) is 9.94 Å². The molecule has 0 spiro atoms. The molecule has 0 bridgehead atoms. The molecule has 74 valence electrons. The maximum Gasteiger partial charge on any atom is 0.122 e. The summed E-state index contributed by atoms with van der Waals surface area (Å²) in [4.78, 5) is 0. The molecule has 1 aliphatic heterocycles. The zero-order chi connectivity index (χ0) is 9.97. The molecule has 1 aromatic carbocycles. The van der Waals surface area contributed by atoms with Gasteiger partial charge in [-0.25, -0.2) is 0 Å². The third-order valence-corrected chi connectivity index (χ3v) is 2.48. The average molecular weight is 191 g/mol. The van der Waals surface area contributed by atoms with Gasteiger partial charge in [0.05, 0.1) is 12.3 Å². The molecule has 14 heavy (non-hydrogen) atoms. The highest BCUT2D eigenvalue weighted by Crippen LogP contribution is 2.25. The van der Waals surface area contributed by atoms with Crippen LogP contribution >= 0.6 is 0 Å². The van der Waals surface area contributed by atoms with Gasteiger partial charge < -0.3 is 9.94 Å². The molecule has 3 heteroatoms. The minimum atomic E-state index is 0.637. The summed E-state index contributed by atoms with van der Waals surface area (Å²) in [6, 6.07) is 5.89. The number of benzene rings is 1. The first-order valence-electron chi connectivity index (χ1n) is 4.76. The fraction of sp³-hybridized carbons (Fsp3) is 0.364. The molecule has 0 atom stereocenters. The van der Waals surface area contributed by atoms with Crippen LogP contribution in [0.5, 0.6) is 5.75 Å². The summed E-state index contributed by atoms with van der Waals surface area (Å²) in [5.41, 5.74) is 2.80. The molecule has 1 aromatic rings. The topological polar surface area (TPSA) is 41.8 Å². The molecule has 0 unspecified atom stereocenters. The van der Waals surface area contributed by atoms with E-state index in [1.54, 1.807) is 6.92 Å². The predicted molar refractivity (Wildman–Crippen MR) is 54.3 cm³/mol. The molecule has 0 fully saturated rings. The maximum atomic E-state index is 8.65. The van der Waals surface area contributed by atoms with Crippen LogP contribution in [-0.4, -0.2) is 17.5 Å². The second kappa shape index (κ2) is 3.70. The molecular formula is C11H13NO2. The Balaban J connectivity index is 2.38. The van der Waals surface area contributed by atoms with Gasteiger partial charge in [-0.1, -0.05) is 5.16 Å². The SMILES string of the molecule is C/C(=N\O)c1ccc2c(c1)CCCO2. The van der Waals surface area contributed by atoms with E-state index >= 15 is 0 Å². The number of aryl methyl sites for hydroxylation is 1. The van der Waals surface area contributed by atoms with Crippen molar-refractivity contribution in [3.8, 4) is 5.75 Å². The van der Waals surface area contributed by atoms with Crippen LogP contribution < -0.4 is 4.74 Å². The number of hydrogen-bond acceptors (Lipinski definition) is 3. The molecule has 0 saturated carbocycles. The van der Waals surface area contributed by atoms with Crippen LogP contribution in [0.1, 0.15) is 24.5 Å². The van der Waals surface area contributed by atoms with Crippen molar-refractivity contribution in [1.82, 2.24) is 0 Å². The molecule has 1 aliphatic rings. The Morgan fingerprint density at radius 1 is 1.50 bits per heavy atom. The van der Waals surface area contributed by atoms with Crippen molar-refractivity contribution in [2.75, 3.05) is 6.61 Å². The fourth-order valence-corrected chi connectivity index (χ4v) is 1.64. The van der Waals surface area contributed by atoms with Crippen LogP contribution in [0.3, 0.4) is 0 Å². The van der Waals surface area contributed by atoms with E-state index in [1.807, 2.05) is 18.2 Å². The number of ether oxygens (including phenoxy) is 1. The first-order valence-corrected chi connectivity index (χ1v) is 4.76. The quantitative estimate of drug-likeness (QED) is 0.420. The Morgan fingerprint density at radius 2 is 2.36 bits per heavy atom. The Labute approximate surface area is 83.0 Å². The van der Waals surface area contributed by atoms with Crippen molar-refractivity contribution >= 4 is 5.71 Å². The summed E-state index contributed by atoms with van der Waals surface area (Å²) < 4.78 is 5.49. The highest BCUT2D eigenvalue weighted by Gasteiger charge is 2.11. The Bertz CT molecular complexity index is 372. The maximum absolute atomic E-state index is 8.65. The summed E-state index contributed by atoms with van der Waals surface area (Å²) in [5.74, 6) is 0.964. The first kappa shape index (κ1) is 9.06. The van der Waals surface area contributed by atoms with Crippen LogP contribution in [0.2, 0.25) is 0 Å². The van der Waals surface area contributed by atoms with Gasteiger partial charge in [-0.3, -0.25) is 0 Å². The van der Waals surface area contributed by atoms with Crippen molar-refractivity contribution in [3.05, 3.63) is 29.3 Å². The van der Waals surface area contributed by atoms with Crippen molar-refractivity contribution in [1.29, 1.82) is 0 Å². The molecule has 2 rings (SSSR count). The normalized spacial score (nSPS) is 15.9. The van der Waals surface area contributed by atoms with Gasteiger partial charge in [-0.05, 0) is 49.1 Å². The van der Waals surface area contributed by atoms with E-state index in [1.165, 1.54) is 5.56 Å². The van der Waals surface area contributed by atoms with Crippen molar-refractivity contribution in [2.45, 2.75) is 19.8 Å². The van der Waals surface area contributed by atoms with Gasteiger partial charge in [-0.15, -0.1) is 0 Å². The summed E-state index contributed by atoms with van der Waals surface area (Å²) in [7, 11) is 0. The lowest BCUT2D eigenvalue weighted by molar-refractivity contribution is 0.288. The van der Waals surface area contributed by atoms with Gasteiger partial charge in [-0.2, -0.15) is 0 Å². The van der Waals surface area contributed by atoms with E-state index in [0.29, 0.717) is 5.71 Å². The second-order valence-electron chi connectivity index (χ2n) is 3.46. The molecule has 0 aromatic heterocycles. The van der Waals surface area contributed by atoms with Gasteiger partial charge >= 0.3 is 0 Å². The van der Waals surface area contributed by atoms with Crippen LogP contribution in [0, 0.1) is 0 Å². The van der Waals surface area contributed by atoms with E-state index < -0.39 is 0 Å². The van der Waals surface area contributed by atoms with Crippen molar-refractivity contribution < 1.29 is 9.94 Å². The number of fused-ring (bicyclic) bond motifs is 1. The number of rotatable bonds is 1. The second-order valence-corrected chi connectivity index (χ2v) is 3.46. The average Bonchev–Trinajstić information content (AvgIpc) is 2.27. The molecule has 0 saturated heterocycles. The molecule has 0 amide bonds. The summed E-state index contributed by atoms with van der Waals surface area (Å²) in [6.07, 6.45) is 2.10. The Morgan fingerprint density at radius 3 is 3.14 bits per heavy atom. The predicted octanol–water partition coefficient (Wildman–Crippen LogP) is 2.21. The Kier molecular flexibility index (Phi) is 2.39. The van der Waals surface area contributed by atoms with Crippen LogP contribution in [0.25, 0.3) is 0 Å². The van der Waals surface area contributed by atoms with Gasteiger partial charge in [0.2, 0.25) is 0 Å². The van der Waals surface area contributed by atoms with Crippen molar-refractivity contribution in [3.63, 3.8) is 0 Å². The van der Waals surface area contributed by atoms with Crippen molar-refractivity contribution in [2.24, 2.45) is 5.16 Å². The highest BCUT2D eigenvalue weighted by molar-refractivity contribution is 5.98. The standard InChI is InChI=1S/C11H13NO2/c1-8(12-13)9-4-5-11-10(7-9)3-2-6-14-11/h4-5,7,13H,2-3,6H2,1H3/b12-8+. The van der Waals surface area contributed by atoms with Crippen LogP contribution in [0.4, 0.5) is 0 Å². The molecule has 3 nitrogen and oxygen atoms in total. The highest BCUT2D eigenvalue weighted by atomic mass is 16.5. The van der Waals surface area contributed by atoms with Crippen LogP contribution in [0.15, 0.2) is 23.4 Å². The zero-order valence-electron chi connectivity index (χ0n) is 8.16. The van der Waals surface area contributed by atoms with Crippen LogP contribution in [-0.2, 0) is 6.42 Å². The lowest BCUT2D eigenvalue weighted by atomic mass is 10.0. The summed E-state index contributed by atoms with van der Waals surface area (Å²) >= 11 is 0. The Hall–Kier alpha value is -1.51.